The zero-order chi connectivity index (χ0) is 14.8. The van der Waals surface area contributed by atoms with Gasteiger partial charge in [0.2, 0.25) is 0 Å². The Bertz CT molecular complexity index is 342. The molecule has 0 aromatic carbocycles. The molecule has 1 nitrogen and oxygen atoms in total. The molecule has 3 saturated carbocycles. The first kappa shape index (κ1) is 15.5. The van der Waals surface area contributed by atoms with Crippen LogP contribution < -0.4 is 5.32 Å². The van der Waals surface area contributed by atoms with Crippen LogP contribution in [0.15, 0.2) is 0 Å². The molecule has 0 bridgehead atoms. The summed E-state index contributed by atoms with van der Waals surface area (Å²) in [6.07, 6.45) is 20.1. The van der Waals surface area contributed by atoms with Crippen LogP contribution in [0.25, 0.3) is 0 Å². The minimum absolute atomic E-state index is 1.01. The third-order valence-electron chi connectivity index (χ3n) is 8.03. The normalized spacial score (nSPS) is 42.0. The van der Waals surface area contributed by atoms with E-state index in [1.807, 2.05) is 0 Å². The maximum Gasteiger partial charge on any atom is -0.00177 e. The first-order chi connectivity index (χ1) is 10.9. The van der Waals surface area contributed by atoms with Gasteiger partial charge in [-0.25, -0.2) is 0 Å². The molecule has 4 atom stereocenters. The molecular weight excluding hydrogens is 266 g/mol. The second-order valence-corrected chi connectivity index (χ2v) is 9.18. The molecule has 3 aliphatic carbocycles. The fourth-order valence-corrected chi connectivity index (χ4v) is 6.35. The number of hydrogen-bond acceptors (Lipinski definition) is 1. The van der Waals surface area contributed by atoms with Crippen molar-refractivity contribution in [1.82, 2.24) is 5.32 Å². The molecule has 1 heterocycles. The lowest BCUT2D eigenvalue weighted by Crippen LogP contribution is -2.33. The summed E-state index contributed by atoms with van der Waals surface area (Å²) in [4.78, 5) is 0. The van der Waals surface area contributed by atoms with E-state index in [1.165, 1.54) is 64.5 Å². The lowest BCUT2D eigenvalue weighted by atomic mass is 9.68. The molecule has 22 heavy (non-hydrogen) atoms. The van der Waals surface area contributed by atoms with E-state index < -0.39 is 0 Å². The van der Waals surface area contributed by atoms with E-state index in [0.717, 1.165) is 35.5 Å². The predicted molar refractivity (Wildman–Crippen MR) is 93.8 cm³/mol. The van der Waals surface area contributed by atoms with Gasteiger partial charge in [-0.15, -0.1) is 0 Å². The zero-order valence-electron chi connectivity index (χ0n) is 14.6. The van der Waals surface area contributed by atoms with Gasteiger partial charge in [0.25, 0.3) is 0 Å². The minimum atomic E-state index is 1.01. The van der Waals surface area contributed by atoms with Gasteiger partial charge >= 0.3 is 0 Å². The molecule has 0 aromatic rings. The highest BCUT2D eigenvalue weighted by Crippen LogP contribution is 2.45. The van der Waals surface area contributed by atoms with Crippen LogP contribution in [0.1, 0.15) is 83.5 Å². The van der Waals surface area contributed by atoms with Crippen molar-refractivity contribution in [3.63, 3.8) is 0 Å². The Kier molecular flexibility index (Phi) is 5.10. The molecule has 0 spiro atoms. The highest BCUT2D eigenvalue weighted by molar-refractivity contribution is 4.88. The summed E-state index contributed by atoms with van der Waals surface area (Å²) in [5.74, 6) is 6.40. The lowest BCUT2D eigenvalue weighted by molar-refractivity contribution is 0.143. The smallest absolute Gasteiger partial charge is 0.00177 e. The van der Waals surface area contributed by atoms with Crippen LogP contribution in [-0.2, 0) is 0 Å². The van der Waals surface area contributed by atoms with Crippen molar-refractivity contribution in [2.75, 3.05) is 13.1 Å². The third-order valence-corrected chi connectivity index (χ3v) is 8.03. The minimum Gasteiger partial charge on any atom is -0.316 e. The Labute approximate surface area is 138 Å². The Morgan fingerprint density at radius 3 is 1.50 bits per heavy atom. The van der Waals surface area contributed by atoms with Gasteiger partial charge in [-0.1, -0.05) is 64.2 Å². The van der Waals surface area contributed by atoms with E-state index in [1.54, 1.807) is 32.1 Å². The molecule has 4 unspecified atom stereocenters. The highest BCUT2D eigenvalue weighted by atomic mass is 14.9. The summed E-state index contributed by atoms with van der Waals surface area (Å²) in [7, 11) is 0. The number of nitrogens with one attached hydrogen (secondary N) is 1. The van der Waals surface area contributed by atoms with Gasteiger partial charge < -0.3 is 5.32 Å². The SMILES string of the molecule is C1CC(C2CCC(C3CCCC(C4CCCC4)C3)CNC2)C1. The molecule has 0 amide bonds. The van der Waals surface area contributed by atoms with Crippen molar-refractivity contribution in [3.8, 4) is 0 Å². The molecule has 1 aliphatic heterocycles. The van der Waals surface area contributed by atoms with Gasteiger partial charge in [-0.3, -0.25) is 0 Å². The predicted octanol–water partition coefficient (Wildman–Crippen LogP) is 5.40. The molecule has 0 aromatic heterocycles. The molecule has 4 rings (SSSR count). The standard InChI is InChI=1S/C21H37N/c1-2-6-16(5-1)18-9-4-10-19(13-18)21-12-11-20(14-22-15-21)17-7-3-8-17/h16-22H,1-15H2. The van der Waals surface area contributed by atoms with Crippen molar-refractivity contribution < 1.29 is 0 Å². The molecule has 126 valence electrons. The molecule has 1 heteroatoms. The molecule has 4 aliphatic rings. The highest BCUT2D eigenvalue weighted by Gasteiger charge is 2.35. The first-order valence-electron chi connectivity index (χ1n) is 10.6. The van der Waals surface area contributed by atoms with E-state index in [2.05, 4.69) is 5.32 Å². The van der Waals surface area contributed by atoms with E-state index in [-0.39, 0.29) is 0 Å². The monoisotopic (exact) mass is 303 g/mol. The summed E-state index contributed by atoms with van der Waals surface area (Å²) in [5.41, 5.74) is 0. The van der Waals surface area contributed by atoms with Gasteiger partial charge in [0.15, 0.2) is 0 Å². The van der Waals surface area contributed by atoms with Gasteiger partial charge in [-0.2, -0.15) is 0 Å². The fourth-order valence-electron chi connectivity index (χ4n) is 6.35. The number of hydrogen-bond donors (Lipinski definition) is 1. The van der Waals surface area contributed by atoms with Crippen LogP contribution in [0.4, 0.5) is 0 Å². The van der Waals surface area contributed by atoms with Crippen molar-refractivity contribution in [3.05, 3.63) is 0 Å². The second kappa shape index (κ2) is 7.24. The van der Waals surface area contributed by atoms with E-state index in [4.69, 9.17) is 0 Å². The molecule has 1 saturated heterocycles. The molecule has 1 N–H and O–H groups in total. The van der Waals surface area contributed by atoms with Crippen LogP contribution >= 0.6 is 0 Å². The topological polar surface area (TPSA) is 12.0 Å². The van der Waals surface area contributed by atoms with Gasteiger partial charge in [0.05, 0.1) is 0 Å². The molecular formula is C21H37N. The van der Waals surface area contributed by atoms with Gasteiger partial charge in [0, 0.05) is 0 Å². The maximum absolute atomic E-state index is 3.88. The van der Waals surface area contributed by atoms with Crippen molar-refractivity contribution in [1.29, 1.82) is 0 Å². The first-order valence-corrected chi connectivity index (χ1v) is 10.6. The summed E-state index contributed by atoms with van der Waals surface area (Å²) in [6.45, 7) is 2.67. The Balaban J connectivity index is 1.30. The average Bonchev–Trinajstić information content (AvgIpc) is 2.93. The van der Waals surface area contributed by atoms with Crippen LogP contribution in [0.2, 0.25) is 0 Å². The second-order valence-electron chi connectivity index (χ2n) is 9.18. The Morgan fingerprint density at radius 2 is 0.864 bits per heavy atom. The average molecular weight is 304 g/mol. The van der Waals surface area contributed by atoms with Crippen LogP contribution in [0.3, 0.4) is 0 Å². The largest absolute Gasteiger partial charge is 0.316 e. The summed E-state index contributed by atoms with van der Waals surface area (Å²) < 4.78 is 0. The van der Waals surface area contributed by atoms with Crippen LogP contribution in [0.5, 0.6) is 0 Å². The third kappa shape index (κ3) is 3.40. The van der Waals surface area contributed by atoms with E-state index in [9.17, 15) is 0 Å². The summed E-state index contributed by atoms with van der Waals surface area (Å²) in [5, 5.41) is 3.88. The lowest BCUT2D eigenvalue weighted by Gasteiger charge is -2.37. The van der Waals surface area contributed by atoms with Crippen molar-refractivity contribution >= 4 is 0 Å². The van der Waals surface area contributed by atoms with Gasteiger partial charge in [-0.05, 0) is 67.9 Å². The molecule has 4 fully saturated rings. The van der Waals surface area contributed by atoms with Crippen LogP contribution in [0, 0.1) is 35.5 Å². The quantitative estimate of drug-likeness (QED) is 0.736. The molecule has 0 radical (unpaired) electrons. The summed E-state index contributed by atoms with van der Waals surface area (Å²) in [6, 6.07) is 0. The summed E-state index contributed by atoms with van der Waals surface area (Å²) >= 11 is 0. The number of rotatable bonds is 3. The van der Waals surface area contributed by atoms with E-state index in [0.29, 0.717) is 0 Å². The van der Waals surface area contributed by atoms with Crippen molar-refractivity contribution in [2.45, 2.75) is 83.5 Å². The maximum atomic E-state index is 3.88. The van der Waals surface area contributed by atoms with Crippen molar-refractivity contribution in [2.24, 2.45) is 35.5 Å². The Hall–Kier alpha value is -0.0400. The van der Waals surface area contributed by atoms with Gasteiger partial charge in [0.1, 0.15) is 0 Å². The van der Waals surface area contributed by atoms with Crippen LogP contribution in [-0.4, -0.2) is 13.1 Å². The fraction of sp³-hybridized carbons (Fsp3) is 1.00. The Morgan fingerprint density at radius 1 is 0.409 bits per heavy atom. The zero-order valence-corrected chi connectivity index (χ0v) is 14.6. The van der Waals surface area contributed by atoms with E-state index >= 15 is 0 Å².